The van der Waals surface area contributed by atoms with E-state index in [1.807, 2.05) is 0 Å². The van der Waals surface area contributed by atoms with Gasteiger partial charge in [0.1, 0.15) is 18.0 Å². The van der Waals surface area contributed by atoms with Gasteiger partial charge in [-0.3, -0.25) is 4.79 Å². The molecule has 1 aromatic heterocycles. The van der Waals surface area contributed by atoms with Crippen molar-refractivity contribution in [3.05, 3.63) is 63.5 Å². The molecule has 0 saturated carbocycles. The van der Waals surface area contributed by atoms with Crippen LogP contribution in [0.1, 0.15) is 36.7 Å². The quantitative estimate of drug-likeness (QED) is 0.620. The van der Waals surface area contributed by atoms with Gasteiger partial charge in [-0.05, 0) is 49.6 Å². The van der Waals surface area contributed by atoms with Gasteiger partial charge < -0.3 is 19.2 Å². The van der Waals surface area contributed by atoms with Crippen LogP contribution in [-0.4, -0.2) is 18.2 Å². The molecule has 8 heteroatoms. The molecule has 2 heterocycles. The number of benzene rings is 2. The Morgan fingerprint density at radius 3 is 2.72 bits per heavy atom. The molecule has 1 aliphatic rings. The van der Waals surface area contributed by atoms with E-state index in [2.05, 4.69) is 6.92 Å². The average Bonchev–Trinajstić information content (AvgIpc) is 2.71. The number of rotatable bonds is 4. The Morgan fingerprint density at radius 2 is 2.03 bits per heavy atom. The van der Waals surface area contributed by atoms with Crippen molar-refractivity contribution in [1.82, 2.24) is 0 Å². The molecule has 3 aromatic rings. The minimum atomic E-state index is -4.96. The van der Waals surface area contributed by atoms with Crippen LogP contribution in [0.5, 0.6) is 17.2 Å². The SMILES string of the molecule is Cc1cccc(Oc2c(C(F)(F)F)oc3c(C[NH+]4CCCC(C)C4)c(O)ccc3c2=O)c1. The van der Waals surface area contributed by atoms with E-state index in [0.29, 0.717) is 5.92 Å². The number of quaternary nitrogens is 1. The number of fused-ring (bicyclic) bond motifs is 1. The molecule has 1 fully saturated rings. The molecular weight excluding hydrogens is 423 g/mol. The van der Waals surface area contributed by atoms with Crippen molar-refractivity contribution in [2.75, 3.05) is 13.1 Å². The van der Waals surface area contributed by atoms with E-state index < -0.39 is 23.1 Å². The largest absolute Gasteiger partial charge is 0.507 e. The minimum Gasteiger partial charge on any atom is -0.507 e. The zero-order valence-corrected chi connectivity index (χ0v) is 17.9. The summed E-state index contributed by atoms with van der Waals surface area (Å²) < 4.78 is 52.4. The zero-order chi connectivity index (χ0) is 23.0. The maximum absolute atomic E-state index is 13.9. The molecule has 32 heavy (non-hydrogen) atoms. The van der Waals surface area contributed by atoms with Crippen molar-refractivity contribution in [1.29, 1.82) is 0 Å². The standard InChI is InChI=1S/C24H24F3NO4/c1-14-5-3-7-16(11-14)31-22-20(30)17-8-9-19(29)18(13-28-10-4-6-15(2)12-28)21(17)32-23(22)24(25,26)27/h3,5,7-9,11,15,29H,4,6,10,12-13H2,1-2H3/p+1. The second kappa shape index (κ2) is 8.50. The lowest BCUT2D eigenvalue weighted by Crippen LogP contribution is -3.12. The molecule has 4 rings (SSSR count). The van der Waals surface area contributed by atoms with Gasteiger partial charge in [0.05, 0.1) is 24.0 Å². The summed E-state index contributed by atoms with van der Waals surface area (Å²) in [6.07, 6.45) is -2.87. The number of aryl methyl sites for hydroxylation is 1. The number of piperidine rings is 1. The van der Waals surface area contributed by atoms with E-state index in [-0.39, 0.29) is 34.6 Å². The van der Waals surface area contributed by atoms with Crippen LogP contribution in [0, 0.1) is 12.8 Å². The average molecular weight is 448 g/mol. The molecule has 0 bridgehead atoms. The summed E-state index contributed by atoms with van der Waals surface area (Å²) in [5.41, 5.74) is -0.198. The topological polar surface area (TPSA) is 64.1 Å². The van der Waals surface area contributed by atoms with Gasteiger partial charge in [-0.25, -0.2) is 0 Å². The normalized spacial score (nSPS) is 19.3. The van der Waals surface area contributed by atoms with E-state index in [1.165, 1.54) is 24.3 Å². The molecule has 5 nitrogen and oxygen atoms in total. The lowest BCUT2D eigenvalue weighted by atomic mass is 9.99. The van der Waals surface area contributed by atoms with Crippen LogP contribution in [0.3, 0.4) is 0 Å². The number of hydrogen-bond donors (Lipinski definition) is 2. The number of hydrogen-bond acceptors (Lipinski definition) is 4. The Labute approximate surface area is 183 Å². The molecule has 0 amide bonds. The second-order valence-electron chi connectivity index (χ2n) is 8.57. The van der Waals surface area contributed by atoms with Crippen LogP contribution in [0.15, 0.2) is 45.6 Å². The first-order valence-electron chi connectivity index (χ1n) is 10.6. The Kier molecular flexibility index (Phi) is 5.90. The smallest absolute Gasteiger partial charge is 0.453 e. The van der Waals surface area contributed by atoms with Gasteiger partial charge in [-0.15, -0.1) is 0 Å². The summed E-state index contributed by atoms with van der Waals surface area (Å²) in [7, 11) is 0. The summed E-state index contributed by atoms with van der Waals surface area (Å²) in [5.74, 6) is -2.03. The van der Waals surface area contributed by atoms with E-state index in [9.17, 15) is 23.1 Å². The van der Waals surface area contributed by atoms with Crippen LogP contribution >= 0.6 is 0 Å². The molecule has 0 spiro atoms. The Morgan fingerprint density at radius 1 is 1.25 bits per heavy atom. The monoisotopic (exact) mass is 448 g/mol. The maximum Gasteiger partial charge on any atom is 0.453 e. The number of halogens is 3. The Bertz CT molecular complexity index is 1200. The van der Waals surface area contributed by atoms with Crippen molar-refractivity contribution in [3.8, 4) is 17.2 Å². The highest BCUT2D eigenvalue weighted by Gasteiger charge is 2.41. The van der Waals surface area contributed by atoms with Gasteiger partial charge in [-0.2, -0.15) is 13.2 Å². The summed E-state index contributed by atoms with van der Waals surface area (Å²) in [6.45, 7) is 5.83. The summed E-state index contributed by atoms with van der Waals surface area (Å²) >= 11 is 0. The first-order chi connectivity index (χ1) is 15.1. The van der Waals surface area contributed by atoms with Crippen LogP contribution in [0.25, 0.3) is 11.0 Å². The number of ether oxygens (including phenoxy) is 1. The molecule has 170 valence electrons. The van der Waals surface area contributed by atoms with Gasteiger partial charge in [0.2, 0.25) is 11.2 Å². The number of nitrogens with one attached hydrogen (secondary N) is 1. The predicted octanol–water partition coefficient (Wildman–Crippen LogP) is 4.43. The third-order valence-electron chi connectivity index (χ3n) is 5.86. The molecule has 0 radical (unpaired) electrons. The van der Waals surface area contributed by atoms with Crippen molar-refractivity contribution in [2.45, 2.75) is 39.4 Å². The zero-order valence-electron chi connectivity index (χ0n) is 17.9. The first-order valence-corrected chi connectivity index (χ1v) is 10.6. The lowest BCUT2D eigenvalue weighted by Gasteiger charge is -2.28. The summed E-state index contributed by atoms with van der Waals surface area (Å²) in [5, 5.41) is 10.4. The van der Waals surface area contributed by atoms with Gasteiger partial charge in [-0.1, -0.05) is 19.1 Å². The number of phenolic OH excluding ortho intramolecular Hbond substituents is 1. The molecule has 2 aromatic carbocycles. The highest BCUT2D eigenvalue weighted by Crippen LogP contribution is 2.39. The molecule has 0 aliphatic carbocycles. The van der Waals surface area contributed by atoms with Crippen LogP contribution in [0.4, 0.5) is 13.2 Å². The third-order valence-corrected chi connectivity index (χ3v) is 5.86. The van der Waals surface area contributed by atoms with Crippen molar-refractivity contribution >= 4 is 11.0 Å². The predicted molar refractivity (Wildman–Crippen MR) is 113 cm³/mol. The van der Waals surface area contributed by atoms with Gasteiger partial charge in [0, 0.05) is 5.92 Å². The first kappa shape index (κ1) is 22.2. The van der Waals surface area contributed by atoms with Gasteiger partial charge in [0.25, 0.3) is 5.76 Å². The van der Waals surface area contributed by atoms with E-state index >= 15 is 0 Å². The van der Waals surface area contributed by atoms with E-state index in [0.717, 1.165) is 36.4 Å². The fraction of sp³-hybridized carbons (Fsp3) is 0.375. The third kappa shape index (κ3) is 4.46. The van der Waals surface area contributed by atoms with Crippen LogP contribution in [0.2, 0.25) is 0 Å². The Balaban J connectivity index is 1.86. The molecule has 1 saturated heterocycles. The molecule has 2 unspecified atom stereocenters. The van der Waals surface area contributed by atoms with E-state index in [1.54, 1.807) is 19.1 Å². The number of alkyl halides is 3. The second-order valence-corrected chi connectivity index (χ2v) is 8.57. The fourth-order valence-corrected chi connectivity index (χ4v) is 4.34. The van der Waals surface area contributed by atoms with Gasteiger partial charge in [0.15, 0.2) is 5.58 Å². The highest BCUT2D eigenvalue weighted by atomic mass is 19.4. The lowest BCUT2D eigenvalue weighted by molar-refractivity contribution is -0.922. The Hall–Kier alpha value is -3.00. The van der Waals surface area contributed by atoms with Crippen LogP contribution in [-0.2, 0) is 12.7 Å². The molecule has 2 N–H and O–H groups in total. The van der Waals surface area contributed by atoms with Gasteiger partial charge >= 0.3 is 6.18 Å². The number of likely N-dealkylation sites (tertiary alicyclic amines) is 1. The molecule has 2 atom stereocenters. The van der Waals surface area contributed by atoms with Crippen molar-refractivity contribution < 1.29 is 32.3 Å². The summed E-state index contributed by atoms with van der Waals surface area (Å²) in [6, 6.07) is 8.99. The molecular formula is C24H25F3NO4+. The molecule has 1 aliphatic heterocycles. The fourth-order valence-electron chi connectivity index (χ4n) is 4.34. The number of aromatic hydroxyl groups is 1. The van der Waals surface area contributed by atoms with Crippen molar-refractivity contribution in [3.63, 3.8) is 0 Å². The van der Waals surface area contributed by atoms with Crippen molar-refractivity contribution in [2.24, 2.45) is 5.92 Å². The summed E-state index contributed by atoms with van der Waals surface area (Å²) in [4.78, 5) is 14.2. The maximum atomic E-state index is 13.9. The van der Waals surface area contributed by atoms with Crippen LogP contribution < -0.4 is 15.1 Å². The number of phenols is 1. The highest BCUT2D eigenvalue weighted by molar-refractivity contribution is 5.83. The minimum absolute atomic E-state index is 0.0575. The van der Waals surface area contributed by atoms with E-state index in [4.69, 9.17) is 9.15 Å².